The van der Waals surface area contributed by atoms with Gasteiger partial charge < -0.3 is 19.8 Å². The van der Waals surface area contributed by atoms with E-state index in [-0.39, 0.29) is 30.9 Å². The molecule has 3 heterocycles. The van der Waals surface area contributed by atoms with Gasteiger partial charge in [0, 0.05) is 54.4 Å². The Morgan fingerprint density at radius 3 is 2.54 bits per heavy atom. The molecule has 1 aliphatic rings. The van der Waals surface area contributed by atoms with Gasteiger partial charge in [0.1, 0.15) is 0 Å². The van der Waals surface area contributed by atoms with E-state index < -0.39 is 0 Å². The number of methoxy groups -OCH3 is 2. The van der Waals surface area contributed by atoms with Gasteiger partial charge in [0.15, 0.2) is 11.5 Å². The van der Waals surface area contributed by atoms with Crippen molar-refractivity contribution < 1.29 is 9.47 Å². The molecule has 0 aliphatic carbocycles. The predicted molar refractivity (Wildman–Crippen MR) is 153 cm³/mol. The number of aromatic amines is 1. The van der Waals surface area contributed by atoms with Crippen molar-refractivity contribution in [3.8, 4) is 22.6 Å². The fraction of sp³-hybridized carbons (Fsp3) is 0.385. The third kappa shape index (κ3) is 5.40. The topological polar surface area (TPSA) is 80.2 Å². The number of imidazole rings is 1. The van der Waals surface area contributed by atoms with Crippen molar-refractivity contribution in [2.45, 2.75) is 26.4 Å². The molecule has 11 heteroatoms. The molecule has 1 unspecified atom stereocenters. The number of hydrogen-bond acceptors (Lipinski definition) is 6. The molecule has 200 valence electrons. The summed E-state index contributed by atoms with van der Waals surface area (Å²) >= 11 is 6.59. The van der Waals surface area contributed by atoms with Gasteiger partial charge in [-0.25, -0.2) is 4.98 Å². The van der Waals surface area contributed by atoms with Crippen LogP contribution in [0.4, 0.5) is 0 Å². The molecule has 1 atom stereocenters. The maximum Gasteiger partial charge on any atom is 0.169 e. The standard InChI is InChI=1S/C26H31ClN6O2.2ClH/c1-16-19(6-5-7-20(16)27)23-24-21(12-22(34-3)26(23)35-4)33(14-18-13-29-15-30-18)31-25(24)17(2)32-10-8-28-9-11-32;;/h5-7,12-13,15,17,28H,8-11,14H2,1-4H3,(H,29,30);2*1H. The second-order valence-corrected chi connectivity index (χ2v) is 9.27. The highest BCUT2D eigenvalue weighted by atomic mass is 35.5. The molecule has 0 radical (unpaired) electrons. The van der Waals surface area contributed by atoms with Crippen molar-refractivity contribution in [3.63, 3.8) is 0 Å². The van der Waals surface area contributed by atoms with E-state index in [1.54, 1.807) is 20.5 Å². The highest BCUT2D eigenvalue weighted by Crippen LogP contribution is 2.48. The molecule has 1 fully saturated rings. The Hall–Kier alpha value is -2.49. The number of ether oxygens (including phenoxy) is 2. The lowest BCUT2D eigenvalue weighted by molar-refractivity contribution is 0.183. The molecule has 37 heavy (non-hydrogen) atoms. The number of benzene rings is 2. The first kappa shape index (κ1) is 29.1. The van der Waals surface area contributed by atoms with Crippen LogP contribution in [0, 0.1) is 6.92 Å². The summed E-state index contributed by atoms with van der Waals surface area (Å²) in [7, 11) is 3.34. The molecule has 4 aromatic rings. The molecule has 1 aliphatic heterocycles. The van der Waals surface area contributed by atoms with Crippen LogP contribution < -0.4 is 14.8 Å². The van der Waals surface area contributed by atoms with Crippen LogP contribution in [0.15, 0.2) is 36.8 Å². The average molecular weight is 568 g/mol. The Bertz CT molecular complexity index is 1340. The van der Waals surface area contributed by atoms with Crippen LogP contribution in [0.5, 0.6) is 11.5 Å². The van der Waals surface area contributed by atoms with Gasteiger partial charge in [-0.1, -0.05) is 23.7 Å². The van der Waals surface area contributed by atoms with Crippen molar-refractivity contribution >= 4 is 47.3 Å². The van der Waals surface area contributed by atoms with E-state index in [0.717, 1.165) is 65.2 Å². The Morgan fingerprint density at radius 1 is 1.14 bits per heavy atom. The highest BCUT2D eigenvalue weighted by Gasteiger charge is 2.29. The smallest absolute Gasteiger partial charge is 0.169 e. The Balaban J connectivity index is 0.00000190. The van der Waals surface area contributed by atoms with Crippen molar-refractivity contribution in [2.24, 2.45) is 0 Å². The van der Waals surface area contributed by atoms with E-state index in [9.17, 15) is 0 Å². The van der Waals surface area contributed by atoms with Crippen molar-refractivity contribution in [3.05, 3.63) is 58.8 Å². The summed E-state index contributed by atoms with van der Waals surface area (Å²) in [6.45, 7) is 8.67. The van der Waals surface area contributed by atoms with Crippen LogP contribution in [0.25, 0.3) is 22.0 Å². The molecule has 0 bridgehead atoms. The number of nitrogens with one attached hydrogen (secondary N) is 2. The molecule has 1 saturated heterocycles. The lowest BCUT2D eigenvalue weighted by Gasteiger charge is -2.32. The van der Waals surface area contributed by atoms with Gasteiger partial charge >= 0.3 is 0 Å². The number of H-pyrrole nitrogens is 1. The van der Waals surface area contributed by atoms with E-state index in [4.69, 9.17) is 26.2 Å². The molecule has 5 rings (SSSR count). The van der Waals surface area contributed by atoms with Gasteiger partial charge in [0.25, 0.3) is 0 Å². The molecule has 2 aromatic carbocycles. The molecule has 0 spiro atoms. The van der Waals surface area contributed by atoms with Gasteiger partial charge in [0.05, 0.1) is 50.0 Å². The quantitative estimate of drug-likeness (QED) is 0.317. The average Bonchev–Trinajstić information content (AvgIpc) is 3.53. The molecular weight excluding hydrogens is 535 g/mol. The minimum Gasteiger partial charge on any atom is -0.493 e. The van der Waals surface area contributed by atoms with Crippen LogP contribution in [0.2, 0.25) is 5.02 Å². The van der Waals surface area contributed by atoms with Crippen molar-refractivity contribution in [1.29, 1.82) is 0 Å². The molecule has 0 saturated carbocycles. The summed E-state index contributed by atoms with van der Waals surface area (Å²) < 4.78 is 13.8. The number of halogens is 3. The van der Waals surface area contributed by atoms with E-state index in [1.165, 1.54) is 0 Å². The summed E-state index contributed by atoms with van der Waals surface area (Å²) in [5, 5.41) is 10.4. The molecule has 0 amide bonds. The van der Waals surface area contributed by atoms with E-state index in [0.29, 0.717) is 23.1 Å². The largest absolute Gasteiger partial charge is 0.493 e. The van der Waals surface area contributed by atoms with Crippen LogP contribution in [-0.2, 0) is 6.54 Å². The zero-order valence-corrected chi connectivity index (χ0v) is 23.8. The molecule has 8 nitrogen and oxygen atoms in total. The first-order chi connectivity index (χ1) is 17.0. The summed E-state index contributed by atoms with van der Waals surface area (Å²) in [6, 6.07) is 8.10. The van der Waals surface area contributed by atoms with Crippen molar-refractivity contribution in [2.75, 3.05) is 40.4 Å². The lowest BCUT2D eigenvalue weighted by Crippen LogP contribution is -2.44. The molecule has 2 N–H and O–H groups in total. The first-order valence-corrected chi connectivity index (χ1v) is 12.2. The van der Waals surface area contributed by atoms with Crippen LogP contribution in [0.1, 0.15) is 29.9 Å². The second-order valence-electron chi connectivity index (χ2n) is 8.86. The predicted octanol–water partition coefficient (Wildman–Crippen LogP) is 5.26. The molecule has 2 aromatic heterocycles. The monoisotopic (exact) mass is 566 g/mol. The van der Waals surface area contributed by atoms with Crippen LogP contribution in [0.3, 0.4) is 0 Å². The number of aromatic nitrogens is 4. The first-order valence-electron chi connectivity index (χ1n) is 11.9. The minimum atomic E-state index is 0. The van der Waals surface area contributed by atoms with Gasteiger partial charge in [-0.15, -0.1) is 24.8 Å². The van der Waals surface area contributed by atoms with Crippen molar-refractivity contribution in [1.82, 2.24) is 30.0 Å². The second kappa shape index (κ2) is 12.4. The number of nitrogens with zero attached hydrogens (tertiary/aromatic N) is 4. The summed E-state index contributed by atoms with van der Waals surface area (Å²) in [4.78, 5) is 9.96. The maximum absolute atomic E-state index is 6.59. The number of fused-ring (bicyclic) bond motifs is 1. The summed E-state index contributed by atoms with van der Waals surface area (Å²) in [6.07, 6.45) is 3.59. The van der Waals surface area contributed by atoms with E-state index in [1.807, 2.05) is 36.0 Å². The van der Waals surface area contributed by atoms with Gasteiger partial charge in [0.2, 0.25) is 0 Å². The minimum absolute atomic E-state index is 0. The SMILES string of the molecule is COc1cc2c(c(C(C)N3CCNCC3)nn2Cc2c[nH]cn2)c(-c2cccc(Cl)c2C)c1OC.Cl.Cl. The van der Waals surface area contributed by atoms with Gasteiger partial charge in [-0.2, -0.15) is 5.10 Å². The van der Waals surface area contributed by atoms with Crippen LogP contribution in [-0.4, -0.2) is 65.0 Å². The van der Waals surface area contributed by atoms with Gasteiger partial charge in [-0.05, 0) is 31.0 Å². The Kier molecular flexibility index (Phi) is 9.72. The highest BCUT2D eigenvalue weighted by molar-refractivity contribution is 6.31. The third-order valence-corrected chi connectivity index (χ3v) is 7.32. The van der Waals surface area contributed by atoms with Gasteiger partial charge in [-0.3, -0.25) is 9.58 Å². The fourth-order valence-corrected chi connectivity index (χ4v) is 5.17. The Labute approximate surface area is 234 Å². The number of piperazine rings is 1. The normalized spacial score (nSPS) is 14.6. The Morgan fingerprint density at radius 2 is 1.89 bits per heavy atom. The van der Waals surface area contributed by atoms with E-state index >= 15 is 0 Å². The lowest BCUT2D eigenvalue weighted by atomic mass is 9.93. The van der Waals surface area contributed by atoms with E-state index in [2.05, 4.69) is 33.2 Å². The summed E-state index contributed by atoms with van der Waals surface area (Å²) in [5.41, 5.74) is 5.83. The summed E-state index contributed by atoms with van der Waals surface area (Å²) in [5.74, 6) is 1.33. The third-order valence-electron chi connectivity index (χ3n) is 6.91. The zero-order chi connectivity index (χ0) is 24.5. The zero-order valence-electron chi connectivity index (χ0n) is 21.4. The number of hydrogen-bond donors (Lipinski definition) is 2. The fourth-order valence-electron chi connectivity index (χ4n) is 5.00. The number of rotatable bonds is 7. The molecular formula is C26H33Cl3N6O2. The van der Waals surface area contributed by atoms with Crippen LogP contribution >= 0.6 is 36.4 Å². The maximum atomic E-state index is 6.59.